The number of aromatic amines is 1. The maximum absolute atomic E-state index is 12.7. The monoisotopic (exact) mass is 403 g/mol. The topological polar surface area (TPSA) is 84.1 Å². The maximum Gasteiger partial charge on any atom is 0.265 e. The lowest BCUT2D eigenvalue weighted by Crippen LogP contribution is -2.10. The standard InChI is InChI=1S/C22H17N3O3S/c1-28-18-8-3-2-7-16(18)19-10-11-20(29-19)22(27)23-15-6-4-5-14(13-15)17-9-12-21(26)25-24-17/h2-13H,1H3,(H,23,27)(H,25,26). The first-order valence-corrected chi connectivity index (χ1v) is 9.66. The predicted molar refractivity (Wildman–Crippen MR) is 115 cm³/mol. The van der Waals surface area contributed by atoms with E-state index < -0.39 is 0 Å². The van der Waals surface area contributed by atoms with Crippen molar-refractivity contribution in [3.8, 4) is 27.4 Å². The van der Waals surface area contributed by atoms with E-state index >= 15 is 0 Å². The summed E-state index contributed by atoms with van der Waals surface area (Å²) in [5, 5.41) is 9.34. The molecule has 2 aromatic heterocycles. The highest BCUT2D eigenvalue weighted by molar-refractivity contribution is 7.17. The molecule has 29 heavy (non-hydrogen) atoms. The second-order valence-electron chi connectivity index (χ2n) is 6.21. The van der Waals surface area contributed by atoms with Gasteiger partial charge >= 0.3 is 0 Å². The van der Waals surface area contributed by atoms with E-state index in [1.807, 2.05) is 54.6 Å². The summed E-state index contributed by atoms with van der Waals surface area (Å²) >= 11 is 1.40. The molecule has 7 heteroatoms. The highest BCUT2D eigenvalue weighted by Crippen LogP contribution is 2.35. The molecular formula is C22H17N3O3S. The van der Waals surface area contributed by atoms with Crippen molar-refractivity contribution >= 4 is 22.9 Å². The minimum absolute atomic E-state index is 0.192. The maximum atomic E-state index is 12.7. The first kappa shape index (κ1) is 18.6. The molecule has 2 aromatic carbocycles. The van der Waals surface area contributed by atoms with Crippen molar-refractivity contribution in [1.82, 2.24) is 10.2 Å². The van der Waals surface area contributed by atoms with Gasteiger partial charge in [-0.2, -0.15) is 5.10 Å². The van der Waals surface area contributed by atoms with Gasteiger partial charge in [-0.25, -0.2) is 5.10 Å². The molecule has 0 spiro atoms. The molecule has 0 aliphatic rings. The van der Waals surface area contributed by atoms with Gasteiger partial charge in [0.25, 0.3) is 11.5 Å². The lowest BCUT2D eigenvalue weighted by Gasteiger charge is -2.07. The first-order chi connectivity index (χ1) is 14.1. The van der Waals surface area contributed by atoms with Crippen LogP contribution in [0.15, 0.2) is 77.6 Å². The Morgan fingerprint density at radius 3 is 2.69 bits per heavy atom. The molecule has 0 saturated heterocycles. The first-order valence-electron chi connectivity index (χ1n) is 8.85. The number of hydrogen-bond acceptors (Lipinski definition) is 5. The molecule has 4 rings (SSSR count). The normalized spacial score (nSPS) is 10.5. The number of carbonyl (C=O) groups excluding carboxylic acids is 1. The zero-order valence-electron chi connectivity index (χ0n) is 15.5. The number of aromatic nitrogens is 2. The largest absolute Gasteiger partial charge is 0.496 e. The molecule has 0 bridgehead atoms. The van der Waals surface area contributed by atoms with Crippen molar-refractivity contribution in [2.24, 2.45) is 0 Å². The summed E-state index contributed by atoms with van der Waals surface area (Å²) in [5.41, 5.74) is 2.75. The van der Waals surface area contributed by atoms with Crippen LogP contribution in [0.4, 0.5) is 5.69 Å². The molecule has 0 aliphatic carbocycles. The van der Waals surface area contributed by atoms with Gasteiger partial charge in [-0.1, -0.05) is 24.3 Å². The highest BCUT2D eigenvalue weighted by atomic mass is 32.1. The Hall–Kier alpha value is -3.71. The minimum atomic E-state index is -0.262. The number of H-pyrrole nitrogens is 1. The molecule has 144 valence electrons. The molecular weight excluding hydrogens is 386 g/mol. The van der Waals surface area contributed by atoms with Crippen LogP contribution >= 0.6 is 11.3 Å². The smallest absolute Gasteiger partial charge is 0.265 e. The number of nitrogens with one attached hydrogen (secondary N) is 2. The molecule has 2 N–H and O–H groups in total. The Morgan fingerprint density at radius 2 is 1.90 bits per heavy atom. The van der Waals surface area contributed by atoms with Crippen LogP contribution in [-0.4, -0.2) is 23.2 Å². The molecule has 0 radical (unpaired) electrons. The van der Waals surface area contributed by atoms with E-state index in [0.29, 0.717) is 16.3 Å². The molecule has 0 saturated carbocycles. The van der Waals surface area contributed by atoms with Gasteiger partial charge in [0, 0.05) is 27.8 Å². The zero-order valence-corrected chi connectivity index (χ0v) is 16.3. The van der Waals surface area contributed by atoms with Crippen LogP contribution in [0.1, 0.15) is 9.67 Å². The van der Waals surface area contributed by atoms with Crippen LogP contribution in [0.5, 0.6) is 5.75 Å². The molecule has 0 aliphatic heterocycles. The third-order valence-electron chi connectivity index (χ3n) is 4.30. The predicted octanol–water partition coefficient (Wildman–Crippen LogP) is 4.43. The fourth-order valence-electron chi connectivity index (χ4n) is 2.91. The van der Waals surface area contributed by atoms with Gasteiger partial charge in [0.1, 0.15) is 5.75 Å². The minimum Gasteiger partial charge on any atom is -0.496 e. The SMILES string of the molecule is COc1ccccc1-c1ccc(C(=O)Nc2cccc(-c3ccc(=O)[nH]n3)c2)s1. The zero-order chi connectivity index (χ0) is 20.2. The van der Waals surface area contributed by atoms with Crippen molar-refractivity contribution in [3.63, 3.8) is 0 Å². The summed E-state index contributed by atoms with van der Waals surface area (Å²) in [6, 6.07) is 21.8. The van der Waals surface area contributed by atoms with Crippen molar-refractivity contribution in [2.75, 3.05) is 12.4 Å². The van der Waals surface area contributed by atoms with E-state index in [0.717, 1.165) is 21.8 Å². The number of ether oxygens (including phenoxy) is 1. The second kappa shape index (κ2) is 8.12. The van der Waals surface area contributed by atoms with E-state index in [2.05, 4.69) is 15.5 Å². The lowest BCUT2D eigenvalue weighted by atomic mass is 10.1. The highest BCUT2D eigenvalue weighted by Gasteiger charge is 2.13. The van der Waals surface area contributed by atoms with Gasteiger partial charge in [0.05, 0.1) is 17.7 Å². The average molecular weight is 403 g/mol. The summed E-state index contributed by atoms with van der Waals surface area (Å²) in [6.45, 7) is 0. The van der Waals surface area contributed by atoms with Gasteiger partial charge in [0.2, 0.25) is 0 Å². The van der Waals surface area contributed by atoms with E-state index in [9.17, 15) is 9.59 Å². The summed E-state index contributed by atoms with van der Waals surface area (Å²) < 4.78 is 5.41. The van der Waals surface area contributed by atoms with Gasteiger partial charge in [0.15, 0.2) is 0 Å². The van der Waals surface area contributed by atoms with Crippen LogP contribution < -0.4 is 15.6 Å². The third-order valence-corrected chi connectivity index (χ3v) is 5.41. The molecule has 6 nitrogen and oxygen atoms in total. The Bertz CT molecular complexity index is 1210. The summed E-state index contributed by atoms with van der Waals surface area (Å²) in [6.07, 6.45) is 0. The summed E-state index contributed by atoms with van der Waals surface area (Å²) in [5.74, 6) is 0.574. The molecule has 1 amide bonds. The quantitative estimate of drug-likeness (QED) is 0.516. The van der Waals surface area contributed by atoms with Gasteiger partial charge in [-0.3, -0.25) is 9.59 Å². The number of hydrogen-bond donors (Lipinski definition) is 2. The Kier molecular flexibility index (Phi) is 5.22. The van der Waals surface area contributed by atoms with Crippen LogP contribution in [-0.2, 0) is 0 Å². The van der Waals surface area contributed by atoms with Crippen molar-refractivity contribution in [1.29, 1.82) is 0 Å². The van der Waals surface area contributed by atoms with Crippen LogP contribution in [0.2, 0.25) is 0 Å². The Labute approximate surface area is 170 Å². The fraction of sp³-hybridized carbons (Fsp3) is 0.0455. The van der Waals surface area contributed by atoms with Crippen molar-refractivity contribution < 1.29 is 9.53 Å². The number of thiophene rings is 1. The molecule has 0 unspecified atom stereocenters. The fourth-order valence-corrected chi connectivity index (χ4v) is 3.84. The number of nitrogens with zero attached hydrogens (tertiary/aromatic N) is 1. The molecule has 0 fully saturated rings. The van der Waals surface area contributed by atoms with E-state index in [1.165, 1.54) is 17.4 Å². The number of carbonyl (C=O) groups is 1. The average Bonchev–Trinajstić information content (AvgIpc) is 3.25. The lowest BCUT2D eigenvalue weighted by molar-refractivity contribution is 0.103. The van der Waals surface area contributed by atoms with E-state index in [4.69, 9.17) is 4.74 Å². The van der Waals surface area contributed by atoms with Crippen LogP contribution in [0.3, 0.4) is 0 Å². The van der Waals surface area contributed by atoms with E-state index in [1.54, 1.807) is 19.2 Å². The Balaban J connectivity index is 1.55. The van der Waals surface area contributed by atoms with E-state index in [-0.39, 0.29) is 11.5 Å². The van der Waals surface area contributed by atoms with Crippen molar-refractivity contribution in [2.45, 2.75) is 0 Å². The summed E-state index contributed by atoms with van der Waals surface area (Å²) in [7, 11) is 1.63. The summed E-state index contributed by atoms with van der Waals surface area (Å²) in [4.78, 5) is 25.4. The van der Waals surface area contributed by atoms with Crippen LogP contribution in [0, 0.1) is 0 Å². The van der Waals surface area contributed by atoms with Gasteiger partial charge in [-0.05, 0) is 42.5 Å². The number of para-hydroxylation sites is 1. The number of amides is 1. The third kappa shape index (κ3) is 4.09. The van der Waals surface area contributed by atoms with Gasteiger partial charge in [-0.15, -0.1) is 11.3 Å². The molecule has 0 atom stereocenters. The molecule has 4 aromatic rings. The number of anilines is 1. The molecule has 2 heterocycles. The van der Waals surface area contributed by atoms with Crippen LogP contribution in [0.25, 0.3) is 21.7 Å². The van der Waals surface area contributed by atoms with Gasteiger partial charge < -0.3 is 10.1 Å². The Morgan fingerprint density at radius 1 is 1.03 bits per heavy atom. The second-order valence-corrected chi connectivity index (χ2v) is 7.29. The number of benzene rings is 2. The number of rotatable bonds is 5. The van der Waals surface area contributed by atoms with Crippen molar-refractivity contribution in [3.05, 3.63) is 88.0 Å². The number of methoxy groups -OCH3 is 1.